The molecule has 4 rings (SSSR count). The van der Waals surface area contributed by atoms with Crippen molar-refractivity contribution in [2.45, 2.75) is 12.5 Å². The Labute approximate surface area is 172 Å². The number of hydrogen-bond donors (Lipinski definition) is 0. The Hall–Kier alpha value is -2.15. The van der Waals surface area contributed by atoms with E-state index in [2.05, 4.69) is 4.90 Å². The van der Waals surface area contributed by atoms with Crippen LogP contribution in [0.4, 0.5) is 15.8 Å². The molecule has 2 amide bonds. The molecule has 0 radical (unpaired) electrons. The van der Waals surface area contributed by atoms with Crippen LogP contribution in [0.15, 0.2) is 42.5 Å². The van der Waals surface area contributed by atoms with Crippen molar-refractivity contribution in [2.24, 2.45) is 0 Å². The first-order chi connectivity index (χ1) is 13.4. The molecule has 0 saturated carbocycles. The lowest BCUT2D eigenvalue weighted by atomic mass is 10.1. The van der Waals surface area contributed by atoms with Crippen LogP contribution in [-0.4, -0.2) is 48.9 Å². The highest BCUT2D eigenvalue weighted by molar-refractivity contribution is 6.31. The first kappa shape index (κ1) is 19.2. The van der Waals surface area contributed by atoms with Crippen LogP contribution >= 0.6 is 23.2 Å². The van der Waals surface area contributed by atoms with Crippen molar-refractivity contribution >= 4 is 46.4 Å². The minimum Gasteiger partial charge on any atom is -0.369 e. The quantitative estimate of drug-likeness (QED) is 0.710. The van der Waals surface area contributed by atoms with Gasteiger partial charge in [0.15, 0.2) is 0 Å². The SMILES string of the molecule is O=C1CC(N2CCN(c3ccc(Cl)cc3)CC2)C(=O)N1c1ccc(F)c(Cl)c1. The number of amides is 2. The highest BCUT2D eigenvalue weighted by atomic mass is 35.5. The van der Waals surface area contributed by atoms with Gasteiger partial charge in [0.05, 0.1) is 23.2 Å². The van der Waals surface area contributed by atoms with Gasteiger partial charge in [-0.2, -0.15) is 0 Å². The molecule has 2 heterocycles. The summed E-state index contributed by atoms with van der Waals surface area (Å²) in [6.07, 6.45) is 0.120. The van der Waals surface area contributed by atoms with Gasteiger partial charge in [-0.05, 0) is 42.5 Å². The molecule has 1 unspecified atom stereocenters. The molecule has 8 heteroatoms. The number of hydrogen-bond acceptors (Lipinski definition) is 4. The lowest BCUT2D eigenvalue weighted by Crippen LogP contribution is -2.52. The van der Waals surface area contributed by atoms with E-state index in [9.17, 15) is 14.0 Å². The van der Waals surface area contributed by atoms with E-state index < -0.39 is 11.9 Å². The van der Waals surface area contributed by atoms with Crippen molar-refractivity contribution in [3.8, 4) is 0 Å². The van der Waals surface area contributed by atoms with Crippen LogP contribution in [-0.2, 0) is 9.59 Å². The third-order valence-corrected chi connectivity index (χ3v) is 5.77. The summed E-state index contributed by atoms with van der Waals surface area (Å²) in [6.45, 7) is 2.85. The van der Waals surface area contributed by atoms with Gasteiger partial charge in [0.1, 0.15) is 5.82 Å². The van der Waals surface area contributed by atoms with Gasteiger partial charge >= 0.3 is 0 Å². The fourth-order valence-electron chi connectivity index (χ4n) is 3.74. The van der Waals surface area contributed by atoms with Crippen LogP contribution in [0.3, 0.4) is 0 Å². The number of carbonyl (C=O) groups excluding carboxylic acids is 2. The second-order valence-electron chi connectivity index (χ2n) is 6.89. The van der Waals surface area contributed by atoms with E-state index in [1.165, 1.54) is 12.1 Å². The molecule has 2 fully saturated rings. The van der Waals surface area contributed by atoms with E-state index >= 15 is 0 Å². The maximum absolute atomic E-state index is 13.4. The number of halogens is 3. The van der Waals surface area contributed by atoms with E-state index in [1.807, 2.05) is 29.2 Å². The smallest absolute Gasteiger partial charge is 0.251 e. The van der Waals surface area contributed by atoms with Gasteiger partial charge in [-0.25, -0.2) is 9.29 Å². The Morgan fingerprint density at radius 2 is 1.54 bits per heavy atom. The average molecular weight is 422 g/mol. The largest absolute Gasteiger partial charge is 0.369 e. The molecule has 1 atom stereocenters. The normalized spacial score (nSPS) is 20.9. The van der Waals surface area contributed by atoms with Crippen LogP contribution in [0.5, 0.6) is 0 Å². The molecule has 28 heavy (non-hydrogen) atoms. The summed E-state index contributed by atoms with van der Waals surface area (Å²) < 4.78 is 13.4. The van der Waals surface area contributed by atoms with E-state index in [-0.39, 0.29) is 23.3 Å². The zero-order valence-electron chi connectivity index (χ0n) is 14.9. The topological polar surface area (TPSA) is 43.9 Å². The van der Waals surface area contributed by atoms with Crippen molar-refractivity contribution in [2.75, 3.05) is 36.0 Å². The zero-order chi connectivity index (χ0) is 19.8. The van der Waals surface area contributed by atoms with Crippen LogP contribution < -0.4 is 9.80 Å². The minimum absolute atomic E-state index is 0.113. The molecule has 2 aliphatic heterocycles. The Morgan fingerprint density at radius 1 is 0.893 bits per heavy atom. The van der Waals surface area contributed by atoms with Crippen LogP contribution in [0.2, 0.25) is 10.0 Å². The van der Waals surface area contributed by atoms with Gasteiger partial charge in [-0.15, -0.1) is 0 Å². The number of imide groups is 1. The van der Waals surface area contributed by atoms with Gasteiger partial charge in [-0.3, -0.25) is 14.5 Å². The van der Waals surface area contributed by atoms with Gasteiger partial charge < -0.3 is 4.90 Å². The number of nitrogens with zero attached hydrogens (tertiary/aromatic N) is 3. The van der Waals surface area contributed by atoms with Crippen LogP contribution in [0, 0.1) is 5.82 Å². The molecule has 5 nitrogen and oxygen atoms in total. The molecule has 0 spiro atoms. The lowest BCUT2D eigenvalue weighted by Gasteiger charge is -2.38. The van der Waals surface area contributed by atoms with E-state index in [0.29, 0.717) is 23.8 Å². The van der Waals surface area contributed by atoms with Gasteiger partial charge in [0.2, 0.25) is 5.91 Å². The number of anilines is 2. The molecule has 146 valence electrons. The molecule has 0 aliphatic carbocycles. The summed E-state index contributed by atoms with van der Waals surface area (Å²) in [5.41, 5.74) is 1.39. The van der Waals surface area contributed by atoms with Crippen molar-refractivity contribution in [1.29, 1.82) is 0 Å². The van der Waals surface area contributed by atoms with Gasteiger partial charge in [0.25, 0.3) is 5.91 Å². The number of carbonyl (C=O) groups is 2. The molecule has 2 saturated heterocycles. The maximum Gasteiger partial charge on any atom is 0.251 e. The van der Waals surface area contributed by atoms with Crippen molar-refractivity contribution in [3.05, 3.63) is 58.3 Å². The monoisotopic (exact) mass is 421 g/mol. The fraction of sp³-hybridized carbons (Fsp3) is 0.300. The Balaban J connectivity index is 1.44. The van der Waals surface area contributed by atoms with Gasteiger partial charge in [-0.1, -0.05) is 23.2 Å². The van der Waals surface area contributed by atoms with Crippen molar-refractivity contribution < 1.29 is 14.0 Å². The predicted molar refractivity (Wildman–Crippen MR) is 108 cm³/mol. The molecule has 2 aromatic carbocycles. The summed E-state index contributed by atoms with van der Waals surface area (Å²) >= 11 is 11.8. The molecule has 0 N–H and O–H groups in total. The highest BCUT2D eigenvalue weighted by Crippen LogP contribution is 2.30. The molecular weight excluding hydrogens is 404 g/mol. The highest BCUT2D eigenvalue weighted by Gasteiger charge is 2.43. The Bertz CT molecular complexity index is 914. The van der Waals surface area contributed by atoms with Crippen LogP contribution in [0.1, 0.15) is 6.42 Å². The number of piperazine rings is 1. The molecule has 2 aliphatic rings. The van der Waals surface area contributed by atoms with E-state index in [4.69, 9.17) is 23.2 Å². The van der Waals surface area contributed by atoms with Crippen LogP contribution in [0.25, 0.3) is 0 Å². The fourth-order valence-corrected chi connectivity index (χ4v) is 4.04. The molecular formula is C20H18Cl2FN3O2. The van der Waals surface area contributed by atoms with Crippen molar-refractivity contribution in [1.82, 2.24) is 4.90 Å². The Kier molecular flexibility index (Phi) is 5.27. The third kappa shape index (κ3) is 3.60. The summed E-state index contributed by atoms with van der Waals surface area (Å²) in [7, 11) is 0. The summed E-state index contributed by atoms with van der Waals surface area (Å²) in [5.74, 6) is -1.16. The molecule has 2 aromatic rings. The number of rotatable bonds is 3. The predicted octanol–water partition coefficient (Wildman–Crippen LogP) is 3.59. The van der Waals surface area contributed by atoms with Gasteiger partial charge in [0, 0.05) is 36.9 Å². The minimum atomic E-state index is -0.584. The maximum atomic E-state index is 13.4. The standard InChI is InChI=1S/C20H18Cl2FN3O2/c21-13-1-3-14(4-2-13)24-7-9-25(10-8-24)18-12-19(27)26(20(18)28)15-5-6-17(23)16(22)11-15/h1-6,11,18H,7-10,12H2. The van der Waals surface area contributed by atoms with E-state index in [1.54, 1.807) is 0 Å². The second kappa shape index (κ2) is 7.70. The second-order valence-corrected chi connectivity index (χ2v) is 7.73. The first-order valence-electron chi connectivity index (χ1n) is 9.00. The first-order valence-corrected chi connectivity index (χ1v) is 9.76. The zero-order valence-corrected chi connectivity index (χ0v) is 16.5. The Morgan fingerprint density at radius 3 is 2.18 bits per heavy atom. The summed E-state index contributed by atoms with van der Waals surface area (Å²) in [6, 6.07) is 11.0. The average Bonchev–Trinajstić information content (AvgIpc) is 2.99. The summed E-state index contributed by atoms with van der Waals surface area (Å²) in [5, 5.41) is 0.580. The molecule has 0 aromatic heterocycles. The van der Waals surface area contributed by atoms with Crippen molar-refractivity contribution in [3.63, 3.8) is 0 Å². The lowest BCUT2D eigenvalue weighted by molar-refractivity contribution is -0.123. The third-order valence-electron chi connectivity index (χ3n) is 5.23. The van der Waals surface area contributed by atoms with E-state index in [0.717, 1.165) is 29.7 Å². The summed E-state index contributed by atoms with van der Waals surface area (Å²) in [4.78, 5) is 30.7. The number of benzene rings is 2. The molecule has 0 bridgehead atoms.